The number of nitrogens with zero attached hydrogens (tertiary/aromatic N) is 2. The quantitative estimate of drug-likeness (QED) is 0.845. The summed E-state index contributed by atoms with van der Waals surface area (Å²) < 4.78 is 15.8. The number of benzene rings is 1. The Labute approximate surface area is 107 Å². The maximum Gasteiger partial charge on any atom is 0.199 e. The van der Waals surface area contributed by atoms with Crippen LogP contribution in [0.3, 0.4) is 0 Å². The fraction of sp³-hybridized carbons (Fsp3) is 0.273. The van der Waals surface area contributed by atoms with Gasteiger partial charge in [0, 0.05) is 10.9 Å². The maximum atomic E-state index is 13.8. The summed E-state index contributed by atoms with van der Waals surface area (Å²) in [6.45, 7) is 0. The number of H-pyrrole nitrogens is 1. The summed E-state index contributed by atoms with van der Waals surface area (Å²) in [6, 6.07) is 4.41. The third-order valence-corrected chi connectivity index (χ3v) is 3.30. The van der Waals surface area contributed by atoms with Crippen molar-refractivity contribution in [3.05, 3.63) is 39.6 Å². The maximum absolute atomic E-state index is 13.8. The highest BCUT2D eigenvalue weighted by Crippen LogP contribution is 2.40. The van der Waals surface area contributed by atoms with Crippen molar-refractivity contribution in [2.24, 2.45) is 0 Å². The van der Waals surface area contributed by atoms with Gasteiger partial charge in [0.1, 0.15) is 11.6 Å². The van der Waals surface area contributed by atoms with Crippen molar-refractivity contribution in [2.45, 2.75) is 18.8 Å². The number of hydrogen-bond donors (Lipinski definition) is 1. The van der Waals surface area contributed by atoms with Gasteiger partial charge in [-0.3, -0.25) is 9.67 Å². The van der Waals surface area contributed by atoms with Gasteiger partial charge in [0.25, 0.3) is 0 Å². The van der Waals surface area contributed by atoms with Crippen LogP contribution in [0.15, 0.2) is 18.2 Å². The summed E-state index contributed by atoms with van der Waals surface area (Å²) in [7, 11) is 0. The van der Waals surface area contributed by atoms with E-state index >= 15 is 0 Å². The van der Waals surface area contributed by atoms with Crippen molar-refractivity contribution in [1.82, 2.24) is 14.8 Å². The molecular formula is C11H9ClFN3S. The Morgan fingerprint density at radius 3 is 2.94 bits per heavy atom. The average Bonchev–Trinajstić information content (AvgIpc) is 3.07. The van der Waals surface area contributed by atoms with Gasteiger partial charge in [0.05, 0.1) is 5.69 Å². The minimum absolute atomic E-state index is 0.353. The monoisotopic (exact) mass is 269 g/mol. The van der Waals surface area contributed by atoms with Crippen LogP contribution < -0.4 is 0 Å². The molecular weight excluding hydrogens is 261 g/mol. The molecule has 3 nitrogen and oxygen atoms in total. The van der Waals surface area contributed by atoms with Gasteiger partial charge in [-0.2, -0.15) is 5.10 Å². The first-order chi connectivity index (χ1) is 8.16. The van der Waals surface area contributed by atoms with Crippen LogP contribution in [0.5, 0.6) is 0 Å². The molecule has 6 heteroatoms. The standard InChI is InChI=1S/C11H9ClFN3S/c12-7-3-4-8(13)9(5-7)16-10(6-1-2-6)14-15-11(16)17/h3-6H,1-2H2,(H,15,17). The summed E-state index contributed by atoms with van der Waals surface area (Å²) in [6.07, 6.45) is 2.14. The first-order valence-corrected chi connectivity index (χ1v) is 6.08. The molecule has 1 heterocycles. The van der Waals surface area contributed by atoms with Crippen molar-refractivity contribution in [2.75, 3.05) is 0 Å². The van der Waals surface area contributed by atoms with Gasteiger partial charge < -0.3 is 0 Å². The van der Waals surface area contributed by atoms with Crippen LogP contribution in [0.25, 0.3) is 5.69 Å². The van der Waals surface area contributed by atoms with Crippen LogP contribution in [-0.4, -0.2) is 14.8 Å². The number of nitrogens with one attached hydrogen (secondary N) is 1. The zero-order chi connectivity index (χ0) is 12.0. The highest BCUT2D eigenvalue weighted by molar-refractivity contribution is 7.71. The molecule has 0 saturated heterocycles. The molecule has 0 atom stereocenters. The van der Waals surface area contributed by atoms with Crippen molar-refractivity contribution >= 4 is 23.8 Å². The molecule has 0 spiro atoms. The fourth-order valence-electron chi connectivity index (χ4n) is 1.81. The Morgan fingerprint density at radius 1 is 1.47 bits per heavy atom. The summed E-state index contributed by atoms with van der Waals surface area (Å²) in [4.78, 5) is 0. The second-order valence-corrected chi connectivity index (χ2v) is 4.92. The number of aromatic nitrogens is 3. The normalized spacial score (nSPS) is 15.2. The van der Waals surface area contributed by atoms with Gasteiger partial charge >= 0.3 is 0 Å². The van der Waals surface area contributed by atoms with E-state index in [-0.39, 0.29) is 5.82 Å². The lowest BCUT2D eigenvalue weighted by atomic mass is 10.3. The topological polar surface area (TPSA) is 33.6 Å². The van der Waals surface area contributed by atoms with Crippen LogP contribution in [-0.2, 0) is 0 Å². The number of halogens is 2. The SMILES string of the molecule is Fc1ccc(Cl)cc1-n1c(C2CC2)n[nH]c1=S. The molecule has 1 aliphatic rings. The Balaban J connectivity index is 2.23. The number of rotatable bonds is 2. The van der Waals surface area contributed by atoms with E-state index in [4.69, 9.17) is 23.8 Å². The summed E-state index contributed by atoms with van der Waals surface area (Å²) in [5.41, 5.74) is 0.359. The highest BCUT2D eigenvalue weighted by atomic mass is 35.5. The van der Waals surface area contributed by atoms with Gasteiger partial charge in [-0.1, -0.05) is 11.6 Å². The Morgan fingerprint density at radius 2 is 2.24 bits per heavy atom. The smallest absolute Gasteiger partial charge is 0.199 e. The van der Waals surface area contributed by atoms with Crippen LogP contribution in [0.2, 0.25) is 5.02 Å². The minimum atomic E-state index is -0.353. The molecule has 0 unspecified atom stereocenters. The average molecular weight is 270 g/mol. The van der Waals surface area contributed by atoms with E-state index in [1.807, 2.05) is 0 Å². The van der Waals surface area contributed by atoms with E-state index in [0.29, 0.717) is 21.4 Å². The number of aromatic amines is 1. The van der Waals surface area contributed by atoms with Gasteiger partial charge in [-0.25, -0.2) is 4.39 Å². The molecule has 0 radical (unpaired) electrons. The lowest BCUT2D eigenvalue weighted by Crippen LogP contribution is -2.02. The molecule has 88 valence electrons. The molecule has 1 fully saturated rings. The van der Waals surface area contributed by atoms with Crippen LogP contribution in [0.1, 0.15) is 24.6 Å². The summed E-state index contributed by atoms with van der Waals surface area (Å²) in [5, 5.41) is 7.35. The predicted molar refractivity (Wildman–Crippen MR) is 65.7 cm³/mol. The Bertz CT molecular complexity index is 630. The van der Waals surface area contributed by atoms with E-state index in [0.717, 1.165) is 18.7 Å². The van der Waals surface area contributed by atoms with E-state index in [2.05, 4.69) is 10.2 Å². The summed E-state index contributed by atoms with van der Waals surface area (Å²) in [5.74, 6) is 0.811. The van der Waals surface area contributed by atoms with Gasteiger partial charge in [-0.05, 0) is 43.3 Å². The van der Waals surface area contributed by atoms with E-state index in [1.54, 1.807) is 10.6 Å². The Hall–Kier alpha value is -1.20. The van der Waals surface area contributed by atoms with Gasteiger partial charge in [0.15, 0.2) is 4.77 Å². The third kappa shape index (κ3) is 1.89. The third-order valence-electron chi connectivity index (χ3n) is 2.79. The first-order valence-electron chi connectivity index (χ1n) is 5.29. The van der Waals surface area contributed by atoms with E-state index < -0.39 is 0 Å². The molecule has 1 aromatic carbocycles. The van der Waals surface area contributed by atoms with Crippen LogP contribution in [0, 0.1) is 10.6 Å². The van der Waals surface area contributed by atoms with Crippen LogP contribution >= 0.6 is 23.8 Å². The first kappa shape index (κ1) is 10.9. The molecule has 0 amide bonds. The van der Waals surface area contributed by atoms with Crippen LogP contribution in [0.4, 0.5) is 4.39 Å². The highest BCUT2D eigenvalue weighted by Gasteiger charge is 2.30. The molecule has 1 saturated carbocycles. The molecule has 0 bridgehead atoms. The molecule has 3 rings (SSSR count). The van der Waals surface area contributed by atoms with E-state index in [1.165, 1.54) is 12.1 Å². The summed E-state index contributed by atoms with van der Waals surface area (Å²) >= 11 is 11.0. The molecule has 1 N–H and O–H groups in total. The molecule has 17 heavy (non-hydrogen) atoms. The van der Waals surface area contributed by atoms with E-state index in [9.17, 15) is 4.39 Å². The molecule has 1 aliphatic carbocycles. The second-order valence-electron chi connectivity index (χ2n) is 4.09. The molecule has 0 aliphatic heterocycles. The molecule has 2 aromatic rings. The second kappa shape index (κ2) is 3.92. The Kier molecular flexibility index (Phi) is 2.52. The largest absolute Gasteiger partial charge is 0.269 e. The van der Waals surface area contributed by atoms with Crippen molar-refractivity contribution in [1.29, 1.82) is 0 Å². The van der Waals surface area contributed by atoms with Gasteiger partial charge in [0.2, 0.25) is 0 Å². The predicted octanol–water partition coefficient (Wildman–Crippen LogP) is 3.60. The lowest BCUT2D eigenvalue weighted by molar-refractivity contribution is 0.614. The zero-order valence-corrected chi connectivity index (χ0v) is 10.4. The lowest BCUT2D eigenvalue weighted by Gasteiger charge is -2.07. The van der Waals surface area contributed by atoms with Crippen molar-refractivity contribution in [3.8, 4) is 5.69 Å². The zero-order valence-electron chi connectivity index (χ0n) is 8.78. The fourth-order valence-corrected chi connectivity index (χ4v) is 2.22. The minimum Gasteiger partial charge on any atom is -0.269 e. The molecule has 1 aromatic heterocycles. The van der Waals surface area contributed by atoms with Gasteiger partial charge in [-0.15, -0.1) is 0 Å². The number of hydrogen-bond acceptors (Lipinski definition) is 2. The van der Waals surface area contributed by atoms with Crippen molar-refractivity contribution < 1.29 is 4.39 Å². The van der Waals surface area contributed by atoms with Crippen molar-refractivity contribution in [3.63, 3.8) is 0 Å².